The summed E-state index contributed by atoms with van der Waals surface area (Å²) in [5.74, 6) is 0. The predicted octanol–water partition coefficient (Wildman–Crippen LogP) is 10.2. The van der Waals surface area contributed by atoms with Crippen LogP contribution in [-0.4, -0.2) is 6.71 Å². The Morgan fingerprint density at radius 2 is 1.14 bits per heavy atom. The molecule has 0 saturated carbocycles. The molecule has 0 bridgehead atoms. The van der Waals surface area contributed by atoms with Gasteiger partial charge in [0.05, 0.1) is 11.4 Å². The maximum Gasteiger partial charge on any atom is 0.253 e. The van der Waals surface area contributed by atoms with Crippen LogP contribution in [0.5, 0.6) is 0 Å². The van der Waals surface area contributed by atoms with Crippen molar-refractivity contribution in [1.29, 1.82) is 0 Å². The van der Waals surface area contributed by atoms with Gasteiger partial charge in [0.2, 0.25) is 0 Å². The van der Waals surface area contributed by atoms with E-state index in [4.69, 9.17) is 0 Å². The molecule has 0 fully saturated rings. The van der Waals surface area contributed by atoms with Crippen molar-refractivity contribution in [3.63, 3.8) is 0 Å². The number of benzene rings is 7. The van der Waals surface area contributed by atoms with Crippen LogP contribution in [0.4, 0.5) is 34.1 Å². The van der Waals surface area contributed by atoms with Crippen LogP contribution < -0.4 is 26.2 Å². The van der Waals surface area contributed by atoms with Crippen LogP contribution in [0.25, 0.3) is 33.2 Å². The van der Waals surface area contributed by atoms with Crippen molar-refractivity contribution in [2.24, 2.45) is 0 Å². The number of rotatable bonds is 3. The molecule has 0 saturated heterocycles. The van der Waals surface area contributed by atoms with Crippen molar-refractivity contribution >= 4 is 90.4 Å². The molecular formula is C48H31BN2. The predicted molar refractivity (Wildman–Crippen MR) is 216 cm³/mol. The van der Waals surface area contributed by atoms with E-state index in [-0.39, 0.29) is 6.71 Å². The van der Waals surface area contributed by atoms with E-state index in [1.54, 1.807) is 0 Å². The van der Waals surface area contributed by atoms with Gasteiger partial charge in [-0.2, -0.15) is 0 Å². The monoisotopic (exact) mass is 646 g/mol. The van der Waals surface area contributed by atoms with Gasteiger partial charge in [-0.25, -0.2) is 0 Å². The lowest BCUT2D eigenvalue weighted by Gasteiger charge is -2.43. The summed E-state index contributed by atoms with van der Waals surface area (Å²) in [6.45, 7) is 0.0806. The molecule has 8 aromatic rings. The lowest BCUT2D eigenvalue weighted by molar-refractivity contribution is 1.02. The van der Waals surface area contributed by atoms with Crippen molar-refractivity contribution in [2.75, 3.05) is 9.80 Å². The minimum absolute atomic E-state index is 0.0806. The number of aryl methyl sites for hydroxylation is 1. The first kappa shape index (κ1) is 28.4. The Hall–Kier alpha value is -6.50. The minimum Gasteiger partial charge on any atom is -0.311 e. The molecule has 51 heavy (non-hydrogen) atoms. The van der Waals surface area contributed by atoms with Gasteiger partial charge in [-0.3, -0.25) is 0 Å². The van der Waals surface area contributed by atoms with Gasteiger partial charge in [-0.15, -0.1) is 0 Å². The maximum atomic E-state index is 3.62. The van der Waals surface area contributed by atoms with Gasteiger partial charge in [-0.1, -0.05) is 127 Å². The lowest BCUT2D eigenvalue weighted by atomic mass is 9.33. The Bertz CT molecular complexity index is 2730. The lowest BCUT2D eigenvalue weighted by Crippen LogP contribution is -2.61. The normalized spacial score (nSPS) is 14.0. The summed E-state index contributed by atoms with van der Waals surface area (Å²) < 4.78 is 0. The Labute approximate surface area is 298 Å². The highest BCUT2D eigenvalue weighted by molar-refractivity contribution is 7.00. The Morgan fingerprint density at radius 3 is 1.98 bits per heavy atom. The molecule has 1 aliphatic carbocycles. The number of allylic oxidation sites excluding steroid dienone is 1. The van der Waals surface area contributed by atoms with Gasteiger partial charge in [0.25, 0.3) is 6.71 Å². The van der Waals surface area contributed by atoms with Crippen LogP contribution >= 0.6 is 0 Å². The highest BCUT2D eigenvalue weighted by Crippen LogP contribution is 2.47. The second kappa shape index (κ2) is 11.0. The molecule has 2 nitrogen and oxygen atoms in total. The summed E-state index contributed by atoms with van der Waals surface area (Å²) in [6.07, 6.45) is 4.46. The smallest absolute Gasteiger partial charge is 0.253 e. The second-order valence-corrected chi connectivity index (χ2v) is 13.8. The average Bonchev–Trinajstić information content (AvgIpc) is 3.21. The van der Waals surface area contributed by atoms with Crippen molar-refractivity contribution < 1.29 is 0 Å². The third-order valence-electron chi connectivity index (χ3n) is 11.2. The zero-order valence-corrected chi connectivity index (χ0v) is 28.0. The number of fused-ring (bicyclic) bond motifs is 10. The van der Waals surface area contributed by atoms with Gasteiger partial charge in [-0.05, 0) is 116 Å². The first-order valence-electron chi connectivity index (χ1n) is 17.9. The van der Waals surface area contributed by atoms with Crippen LogP contribution in [-0.2, 0) is 6.42 Å². The number of hydrogen-bond acceptors (Lipinski definition) is 2. The third kappa shape index (κ3) is 4.08. The van der Waals surface area contributed by atoms with E-state index >= 15 is 0 Å². The molecular weight excluding hydrogens is 615 g/mol. The summed E-state index contributed by atoms with van der Waals surface area (Å²) in [6, 6.07) is 64.5. The van der Waals surface area contributed by atoms with Gasteiger partial charge in [0.1, 0.15) is 0 Å². The van der Waals surface area contributed by atoms with E-state index in [9.17, 15) is 0 Å². The maximum absolute atomic E-state index is 3.62. The quantitative estimate of drug-likeness (QED) is 0.139. The van der Waals surface area contributed by atoms with Crippen molar-refractivity contribution in [2.45, 2.75) is 12.8 Å². The molecule has 8 aromatic carbocycles. The molecule has 3 heteroatoms. The molecule has 11 rings (SSSR count). The Kier molecular flexibility index (Phi) is 6.12. The zero-order valence-electron chi connectivity index (χ0n) is 28.0. The first-order valence-corrected chi connectivity index (χ1v) is 17.9. The van der Waals surface area contributed by atoms with Crippen LogP contribution in [0.15, 0.2) is 158 Å². The fourth-order valence-electron chi connectivity index (χ4n) is 9.14. The topological polar surface area (TPSA) is 6.48 Å². The molecule has 2 heterocycles. The first-order chi connectivity index (χ1) is 25.3. The highest BCUT2D eigenvalue weighted by atomic mass is 15.2. The average molecular weight is 647 g/mol. The Balaban J connectivity index is 1.15. The molecule has 0 unspecified atom stereocenters. The zero-order chi connectivity index (χ0) is 33.5. The van der Waals surface area contributed by atoms with Gasteiger partial charge >= 0.3 is 0 Å². The van der Waals surface area contributed by atoms with Crippen LogP contribution in [0.2, 0.25) is 0 Å². The number of anilines is 6. The van der Waals surface area contributed by atoms with E-state index < -0.39 is 0 Å². The molecule has 0 aromatic heterocycles. The van der Waals surface area contributed by atoms with E-state index in [1.165, 1.54) is 82.9 Å². The number of para-hydroxylation sites is 3. The molecule has 0 atom stereocenters. The van der Waals surface area contributed by atoms with E-state index in [0.717, 1.165) is 24.2 Å². The molecule has 0 spiro atoms. The van der Waals surface area contributed by atoms with Crippen molar-refractivity contribution in [3.05, 3.63) is 187 Å². The minimum atomic E-state index is 0.0806. The molecule has 0 radical (unpaired) electrons. The van der Waals surface area contributed by atoms with E-state index in [0.29, 0.717) is 0 Å². The van der Waals surface area contributed by atoms with Crippen LogP contribution in [0.1, 0.15) is 23.1 Å². The molecule has 3 aliphatic rings. The fraction of sp³-hybridized carbons (Fsp3) is 0.0417. The van der Waals surface area contributed by atoms with Gasteiger partial charge in [0, 0.05) is 28.3 Å². The van der Waals surface area contributed by atoms with E-state index in [2.05, 4.69) is 180 Å². The van der Waals surface area contributed by atoms with Gasteiger partial charge < -0.3 is 9.80 Å². The molecule has 236 valence electrons. The highest BCUT2D eigenvalue weighted by Gasteiger charge is 2.43. The van der Waals surface area contributed by atoms with Crippen molar-refractivity contribution in [1.82, 2.24) is 0 Å². The van der Waals surface area contributed by atoms with Gasteiger partial charge in [0.15, 0.2) is 0 Å². The fourth-order valence-corrected chi connectivity index (χ4v) is 9.14. The van der Waals surface area contributed by atoms with Crippen LogP contribution in [0, 0.1) is 12.1 Å². The largest absolute Gasteiger partial charge is 0.311 e. The van der Waals surface area contributed by atoms with Crippen molar-refractivity contribution in [3.8, 4) is 0 Å². The SMILES string of the molecule is c1ccc2c(c#1)N(c1ccccc1C1=Cc3c(c4ccccc4c4ccccc34)CC1)c1cccc3c1B2c1ccccc1N3c1ccccc1. The summed E-state index contributed by atoms with van der Waals surface area (Å²) in [5, 5.41) is 5.36. The molecule has 0 N–H and O–H groups in total. The second-order valence-electron chi connectivity index (χ2n) is 13.8. The number of hydrogen-bond donors (Lipinski definition) is 0. The number of nitrogens with zero attached hydrogens (tertiary/aromatic N) is 2. The summed E-state index contributed by atoms with van der Waals surface area (Å²) in [7, 11) is 0. The summed E-state index contributed by atoms with van der Waals surface area (Å²) in [5.41, 5.74) is 16.3. The standard InChI is InChI=1S/C48H31BN2/c1-2-15-33(16-3-1)50-44-25-12-9-22-41(44)49-42-23-10-13-26-45(42)51(47-28-14-27-46(50)48(47)49)43-24-11-8-17-34(43)32-29-30-39-37-20-5-4-18-35(37)36-19-6-7-21-38(36)40(39)31-32/h1-12,14-25,27-28,31H,29-30H2. The van der Waals surface area contributed by atoms with E-state index in [1.807, 2.05) is 6.07 Å². The molecule has 0 amide bonds. The summed E-state index contributed by atoms with van der Waals surface area (Å²) in [4.78, 5) is 4.90. The van der Waals surface area contributed by atoms with Crippen LogP contribution in [0.3, 0.4) is 0 Å². The third-order valence-corrected chi connectivity index (χ3v) is 11.2. The molecule has 2 aliphatic heterocycles. The Morgan fingerprint density at radius 1 is 0.490 bits per heavy atom. The summed E-state index contributed by atoms with van der Waals surface area (Å²) >= 11 is 0.